The Morgan fingerprint density at radius 3 is 2.50 bits per heavy atom. The molecule has 0 atom stereocenters. The van der Waals surface area contributed by atoms with Crippen molar-refractivity contribution in [1.29, 1.82) is 0 Å². The van der Waals surface area contributed by atoms with Gasteiger partial charge in [-0.1, -0.05) is 17.7 Å². The van der Waals surface area contributed by atoms with Crippen molar-refractivity contribution in [3.63, 3.8) is 0 Å². The SMILES string of the molecule is Cc1cc(Cl)c2ccc(C(F)(F)F)cc2n1. The number of nitrogens with zero attached hydrogens (tertiary/aromatic N) is 1. The third-order valence-corrected chi connectivity index (χ3v) is 2.53. The minimum Gasteiger partial charge on any atom is -0.253 e. The lowest BCUT2D eigenvalue weighted by molar-refractivity contribution is -0.137. The Morgan fingerprint density at radius 1 is 1.19 bits per heavy atom. The van der Waals surface area contributed by atoms with Crippen LogP contribution < -0.4 is 0 Å². The fourth-order valence-corrected chi connectivity index (χ4v) is 1.80. The Morgan fingerprint density at radius 2 is 1.88 bits per heavy atom. The van der Waals surface area contributed by atoms with Gasteiger partial charge in [-0.3, -0.25) is 4.98 Å². The van der Waals surface area contributed by atoms with Crippen LogP contribution in [0.15, 0.2) is 24.3 Å². The van der Waals surface area contributed by atoms with E-state index in [1.54, 1.807) is 13.0 Å². The molecule has 0 aliphatic heterocycles. The van der Waals surface area contributed by atoms with Crippen molar-refractivity contribution in [1.82, 2.24) is 4.98 Å². The standard InChI is InChI=1S/C11H7ClF3N/c1-6-4-9(12)8-3-2-7(11(13,14)15)5-10(8)16-6/h2-5H,1H3. The lowest BCUT2D eigenvalue weighted by Gasteiger charge is -2.08. The second-order valence-corrected chi connectivity index (χ2v) is 3.88. The molecule has 0 aliphatic rings. The summed E-state index contributed by atoms with van der Waals surface area (Å²) in [6.45, 7) is 1.69. The summed E-state index contributed by atoms with van der Waals surface area (Å²) in [5, 5.41) is 0.941. The number of alkyl halides is 3. The number of halogens is 4. The molecule has 0 amide bonds. The fourth-order valence-electron chi connectivity index (χ4n) is 1.49. The maximum Gasteiger partial charge on any atom is 0.416 e. The molecule has 5 heteroatoms. The molecule has 0 unspecified atom stereocenters. The van der Waals surface area contributed by atoms with Crippen molar-refractivity contribution in [2.45, 2.75) is 13.1 Å². The van der Waals surface area contributed by atoms with Crippen LogP contribution in [0.3, 0.4) is 0 Å². The van der Waals surface area contributed by atoms with E-state index in [9.17, 15) is 13.2 Å². The van der Waals surface area contributed by atoms with Crippen molar-refractivity contribution >= 4 is 22.5 Å². The van der Waals surface area contributed by atoms with Crippen molar-refractivity contribution in [3.8, 4) is 0 Å². The van der Waals surface area contributed by atoms with Gasteiger partial charge in [0.15, 0.2) is 0 Å². The molecule has 1 aromatic heterocycles. The summed E-state index contributed by atoms with van der Waals surface area (Å²) in [4.78, 5) is 4.03. The summed E-state index contributed by atoms with van der Waals surface area (Å²) < 4.78 is 37.4. The van der Waals surface area contributed by atoms with Crippen molar-refractivity contribution in [3.05, 3.63) is 40.5 Å². The molecule has 0 saturated carbocycles. The number of aryl methyl sites for hydroxylation is 1. The van der Waals surface area contributed by atoms with E-state index in [1.165, 1.54) is 6.07 Å². The van der Waals surface area contributed by atoms with Gasteiger partial charge in [-0.05, 0) is 25.1 Å². The summed E-state index contributed by atoms with van der Waals surface area (Å²) in [5.41, 5.74) is 0.144. The Kier molecular flexibility index (Phi) is 2.54. The van der Waals surface area contributed by atoms with Crippen LogP contribution in [0.25, 0.3) is 10.9 Å². The number of rotatable bonds is 0. The monoisotopic (exact) mass is 245 g/mol. The van der Waals surface area contributed by atoms with Crippen LogP contribution in [0.1, 0.15) is 11.3 Å². The van der Waals surface area contributed by atoms with Crippen molar-refractivity contribution < 1.29 is 13.2 Å². The zero-order chi connectivity index (χ0) is 11.9. The van der Waals surface area contributed by atoms with Gasteiger partial charge in [-0.15, -0.1) is 0 Å². The van der Waals surface area contributed by atoms with E-state index >= 15 is 0 Å². The largest absolute Gasteiger partial charge is 0.416 e. The molecule has 1 aromatic carbocycles. The van der Waals surface area contributed by atoms with E-state index in [1.807, 2.05) is 0 Å². The number of hydrogen-bond acceptors (Lipinski definition) is 1. The number of benzene rings is 1. The summed E-state index contributed by atoms with van der Waals surface area (Å²) in [6.07, 6.45) is -4.36. The molecule has 1 heterocycles. The highest BCUT2D eigenvalue weighted by atomic mass is 35.5. The van der Waals surface area contributed by atoms with Gasteiger partial charge in [0, 0.05) is 11.1 Å². The maximum atomic E-state index is 12.5. The lowest BCUT2D eigenvalue weighted by atomic mass is 10.1. The highest BCUT2D eigenvalue weighted by Gasteiger charge is 2.30. The Balaban J connectivity index is 2.71. The predicted octanol–water partition coefficient (Wildman–Crippen LogP) is 4.22. The Bertz CT molecular complexity index is 549. The lowest BCUT2D eigenvalue weighted by Crippen LogP contribution is -2.04. The second kappa shape index (κ2) is 3.63. The van der Waals surface area contributed by atoms with E-state index in [2.05, 4.69) is 4.98 Å². The first kappa shape index (κ1) is 11.2. The summed E-state index contributed by atoms with van der Waals surface area (Å²) in [5.74, 6) is 0. The van der Waals surface area contributed by atoms with E-state index in [4.69, 9.17) is 11.6 Å². The maximum absolute atomic E-state index is 12.5. The zero-order valence-corrected chi connectivity index (χ0v) is 9.02. The van der Waals surface area contributed by atoms with Crippen LogP contribution in [0.5, 0.6) is 0 Å². The van der Waals surface area contributed by atoms with Crippen LogP contribution in [-0.4, -0.2) is 4.98 Å². The molecule has 1 nitrogen and oxygen atoms in total. The van der Waals surface area contributed by atoms with Gasteiger partial charge in [0.25, 0.3) is 0 Å². The number of aromatic nitrogens is 1. The molecule has 2 rings (SSSR count). The minimum absolute atomic E-state index is 0.264. The molecule has 0 aliphatic carbocycles. The Labute approximate surface area is 94.9 Å². The molecule has 16 heavy (non-hydrogen) atoms. The highest BCUT2D eigenvalue weighted by molar-refractivity contribution is 6.35. The molecule has 0 saturated heterocycles. The van der Waals surface area contributed by atoms with E-state index in [0.29, 0.717) is 16.1 Å². The minimum atomic E-state index is -4.36. The smallest absolute Gasteiger partial charge is 0.253 e. The van der Waals surface area contributed by atoms with Crippen molar-refractivity contribution in [2.75, 3.05) is 0 Å². The topological polar surface area (TPSA) is 12.9 Å². The third kappa shape index (κ3) is 1.97. The molecule has 0 radical (unpaired) electrons. The second-order valence-electron chi connectivity index (χ2n) is 3.48. The zero-order valence-electron chi connectivity index (χ0n) is 8.27. The number of pyridine rings is 1. The molecule has 0 bridgehead atoms. The van der Waals surface area contributed by atoms with Gasteiger partial charge in [0.2, 0.25) is 0 Å². The van der Waals surface area contributed by atoms with Crippen LogP contribution in [-0.2, 0) is 6.18 Å². The molecule has 2 aromatic rings. The average Bonchev–Trinajstić information content (AvgIpc) is 2.15. The average molecular weight is 246 g/mol. The molecule has 0 spiro atoms. The van der Waals surface area contributed by atoms with Gasteiger partial charge in [-0.25, -0.2) is 0 Å². The van der Waals surface area contributed by atoms with Gasteiger partial charge < -0.3 is 0 Å². The fraction of sp³-hybridized carbons (Fsp3) is 0.182. The molecular weight excluding hydrogens is 239 g/mol. The molecule has 0 fully saturated rings. The normalized spacial score (nSPS) is 12.1. The molecular formula is C11H7ClF3N. The third-order valence-electron chi connectivity index (χ3n) is 2.21. The predicted molar refractivity (Wildman–Crippen MR) is 56.5 cm³/mol. The van der Waals surface area contributed by atoms with Crippen LogP contribution >= 0.6 is 11.6 Å². The highest BCUT2D eigenvalue weighted by Crippen LogP contribution is 2.32. The van der Waals surface area contributed by atoms with Crippen LogP contribution in [0.4, 0.5) is 13.2 Å². The van der Waals surface area contributed by atoms with Gasteiger partial charge >= 0.3 is 6.18 Å². The first-order chi connectivity index (χ1) is 7.38. The van der Waals surface area contributed by atoms with E-state index in [-0.39, 0.29) is 5.52 Å². The molecule has 0 N–H and O–H groups in total. The summed E-state index contributed by atoms with van der Waals surface area (Å²) >= 11 is 5.91. The van der Waals surface area contributed by atoms with Gasteiger partial charge in [-0.2, -0.15) is 13.2 Å². The van der Waals surface area contributed by atoms with Crippen LogP contribution in [0.2, 0.25) is 5.02 Å². The summed E-state index contributed by atoms with van der Waals surface area (Å²) in [7, 11) is 0. The van der Waals surface area contributed by atoms with Gasteiger partial charge in [0.05, 0.1) is 16.1 Å². The van der Waals surface area contributed by atoms with Crippen molar-refractivity contribution in [2.24, 2.45) is 0 Å². The summed E-state index contributed by atoms with van der Waals surface area (Å²) in [6, 6.07) is 4.98. The molecule has 84 valence electrons. The first-order valence-corrected chi connectivity index (χ1v) is 4.90. The Hall–Kier alpha value is -1.29. The number of fused-ring (bicyclic) bond motifs is 1. The van der Waals surface area contributed by atoms with Crippen LogP contribution in [0, 0.1) is 6.92 Å². The van der Waals surface area contributed by atoms with Gasteiger partial charge in [0.1, 0.15) is 0 Å². The number of hydrogen-bond donors (Lipinski definition) is 0. The quantitative estimate of drug-likeness (QED) is 0.677. The van der Waals surface area contributed by atoms with E-state index in [0.717, 1.165) is 12.1 Å². The first-order valence-electron chi connectivity index (χ1n) is 4.52. The van der Waals surface area contributed by atoms with E-state index < -0.39 is 11.7 Å².